The van der Waals surface area contributed by atoms with Crippen molar-refractivity contribution in [2.45, 2.75) is 13.3 Å². The molecule has 0 spiro atoms. The molecule has 1 aliphatic carbocycles. The molecule has 1 atom stereocenters. The summed E-state index contributed by atoms with van der Waals surface area (Å²) in [7, 11) is 0. The largest absolute Gasteiger partial charge is 0.455 e. The van der Waals surface area contributed by atoms with Crippen LogP contribution in [-0.2, 0) is 6.42 Å². The van der Waals surface area contributed by atoms with E-state index >= 15 is 0 Å². The first-order valence-corrected chi connectivity index (χ1v) is 19.2. The van der Waals surface area contributed by atoms with Crippen molar-refractivity contribution in [2.75, 3.05) is 0 Å². The lowest BCUT2D eigenvalue weighted by Gasteiger charge is -2.20. The first-order valence-electron chi connectivity index (χ1n) is 19.2. The first kappa shape index (κ1) is 32.3. The van der Waals surface area contributed by atoms with E-state index in [4.69, 9.17) is 19.4 Å². The van der Waals surface area contributed by atoms with E-state index in [0.717, 1.165) is 66.8 Å². The number of nitrogens with zero attached hydrogens (tertiary/aromatic N) is 3. The fourth-order valence-corrected chi connectivity index (χ4v) is 8.40. The minimum Gasteiger partial charge on any atom is -0.455 e. The normalized spacial score (nSPS) is 13.8. The van der Waals surface area contributed by atoms with E-state index in [-0.39, 0.29) is 0 Å². The molecule has 0 amide bonds. The van der Waals surface area contributed by atoms with Gasteiger partial charge in [-0.15, -0.1) is 0 Å². The van der Waals surface area contributed by atoms with Gasteiger partial charge in [-0.1, -0.05) is 146 Å². The van der Waals surface area contributed by atoms with E-state index in [1.165, 1.54) is 33.2 Å². The summed E-state index contributed by atoms with van der Waals surface area (Å²) in [6.07, 6.45) is 5.54. The summed E-state index contributed by atoms with van der Waals surface area (Å²) in [4.78, 5) is 15.7. The quantitative estimate of drug-likeness (QED) is 0.178. The standard InChI is InChI=1S/C52H35N3O/c1-32-18-19-35-14-9-16-42(46(35)28-32)43-26-27-45(48-44-15-7-8-17-47(44)56-49(43)48)52-54-50(40-24-20-34-12-5-6-13-36(34)30-40)53-51(55-52)41-25-23-38-29-37(21-22-39(38)31-41)33-10-3-2-4-11-33/h2-27,29-32H,28H2,1H3. The van der Waals surface area contributed by atoms with E-state index in [0.29, 0.717) is 23.4 Å². The number of fused-ring (bicyclic) bond motifs is 6. The Hall–Kier alpha value is -7.17. The number of hydrogen-bond acceptors (Lipinski definition) is 4. The van der Waals surface area contributed by atoms with Crippen LogP contribution < -0.4 is 0 Å². The second-order valence-electron chi connectivity index (χ2n) is 14.9. The first-order chi connectivity index (χ1) is 27.6. The maximum atomic E-state index is 6.80. The van der Waals surface area contributed by atoms with Gasteiger partial charge in [0.05, 0.1) is 0 Å². The predicted octanol–water partition coefficient (Wildman–Crippen LogP) is 13.6. The van der Waals surface area contributed by atoms with Gasteiger partial charge in [-0.2, -0.15) is 0 Å². The number of allylic oxidation sites excluding steroid dienone is 1. The van der Waals surface area contributed by atoms with Gasteiger partial charge in [0.1, 0.15) is 11.2 Å². The lowest BCUT2D eigenvalue weighted by molar-refractivity contribution is 0.669. The number of rotatable bonds is 5. The van der Waals surface area contributed by atoms with Gasteiger partial charge >= 0.3 is 0 Å². The van der Waals surface area contributed by atoms with Gasteiger partial charge in [-0.3, -0.25) is 0 Å². The Morgan fingerprint density at radius 2 is 1.11 bits per heavy atom. The highest BCUT2D eigenvalue weighted by Crippen LogP contribution is 2.44. The van der Waals surface area contributed by atoms with Gasteiger partial charge in [0.25, 0.3) is 0 Å². The molecular formula is C52H35N3O. The van der Waals surface area contributed by atoms with Crippen molar-refractivity contribution in [1.29, 1.82) is 0 Å². The second kappa shape index (κ2) is 13.0. The molecule has 0 aliphatic heterocycles. The molecule has 0 saturated heterocycles. The fraction of sp³-hybridized carbons (Fsp3) is 0.0577. The summed E-state index contributed by atoms with van der Waals surface area (Å²) in [5.74, 6) is 2.31. The third-order valence-electron chi connectivity index (χ3n) is 11.2. The van der Waals surface area contributed by atoms with Gasteiger partial charge in [-0.05, 0) is 98.1 Å². The van der Waals surface area contributed by atoms with Crippen LogP contribution in [0.5, 0.6) is 0 Å². The van der Waals surface area contributed by atoms with Crippen molar-refractivity contribution >= 4 is 49.6 Å². The third kappa shape index (κ3) is 5.49. The lowest BCUT2D eigenvalue weighted by Crippen LogP contribution is -2.05. The van der Waals surface area contributed by atoms with Crippen molar-refractivity contribution in [2.24, 2.45) is 5.92 Å². The Bertz CT molecular complexity index is 3190. The van der Waals surface area contributed by atoms with Crippen LogP contribution in [0.15, 0.2) is 174 Å². The van der Waals surface area contributed by atoms with Crippen LogP contribution in [0.1, 0.15) is 18.1 Å². The molecule has 8 aromatic carbocycles. The molecule has 2 aromatic heterocycles. The topological polar surface area (TPSA) is 51.8 Å². The molecule has 0 N–H and O–H groups in total. The van der Waals surface area contributed by atoms with E-state index in [9.17, 15) is 0 Å². The number of benzene rings is 8. The average Bonchev–Trinajstić information content (AvgIpc) is 3.65. The maximum absolute atomic E-state index is 6.80. The number of aromatic nitrogens is 3. The highest BCUT2D eigenvalue weighted by atomic mass is 16.3. The van der Waals surface area contributed by atoms with Gasteiger partial charge < -0.3 is 4.42 Å². The average molecular weight is 718 g/mol. The van der Waals surface area contributed by atoms with Gasteiger partial charge in [0, 0.05) is 33.0 Å². The van der Waals surface area contributed by atoms with Crippen molar-refractivity contribution < 1.29 is 4.42 Å². The molecule has 11 rings (SSSR count). The SMILES string of the molecule is CC1C=Cc2cccc(-c3ccc(-c4nc(-c5ccc6ccccc6c5)nc(-c5ccc6cc(-c7ccccc7)ccc6c5)n4)c4c3oc3ccccc34)c2C1. The zero-order valence-corrected chi connectivity index (χ0v) is 30.8. The Kier molecular flexibility index (Phi) is 7.49. The fourth-order valence-electron chi connectivity index (χ4n) is 8.40. The van der Waals surface area contributed by atoms with Crippen molar-refractivity contribution in [1.82, 2.24) is 15.0 Å². The monoisotopic (exact) mass is 717 g/mol. The Balaban J connectivity index is 1.13. The summed E-state index contributed by atoms with van der Waals surface area (Å²) < 4.78 is 6.80. The molecule has 2 heterocycles. The van der Waals surface area contributed by atoms with Crippen LogP contribution in [0.4, 0.5) is 0 Å². The molecule has 4 heteroatoms. The zero-order valence-electron chi connectivity index (χ0n) is 30.8. The highest BCUT2D eigenvalue weighted by molar-refractivity contribution is 6.16. The summed E-state index contributed by atoms with van der Waals surface area (Å²) in [5.41, 5.74) is 11.7. The van der Waals surface area contributed by atoms with Gasteiger partial charge in [-0.25, -0.2) is 15.0 Å². The molecule has 0 bridgehead atoms. The minimum absolute atomic E-state index is 0.465. The van der Waals surface area contributed by atoms with Crippen LogP contribution in [0, 0.1) is 5.92 Å². The van der Waals surface area contributed by atoms with Crippen LogP contribution in [0.2, 0.25) is 0 Å². The number of furan rings is 1. The smallest absolute Gasteiger partial charge is 0.164 e. The van der Waals surface area contributed by atoms with Crippen LogP contribution in [-0.4, -0.2) is 15.0 Å². The van der Waals surface area contributed by atoms with E-state index < -0.39 is 0 Å². The minimum atomic E-state index is 0.465. The van der Waals surface area contributed by atoms with Crippen molar-refractivity contribution in [3.8, 4) is 56.4 Å². The number of para-hydroxylation sites is 1. The number of hydrogen-bond donors (Lipinski definition) is 0. The zero-order chi connectivity index (χ0) is 37.2. The van der Waals surface area contributed by atoms with E-state index in [2.05, 4.69) is 165 Å². The molecule has 56 heavy (non-hydrogen) atoms. The molecule has 1 aliphatic rings. The van der Waals surface area contributed by atoms with Gasteiger partial charge in [0.15, 0.2) is 17.5 Å². The van der Waals surface area contributed by atoms with Crippen LogP contribution in [0.3, 0.4) is 0 Å². The highest BCUT2D eigenvalue weighted by Gasteiger charge is 2.23. The van der Waals surface area contributed by atoms with Crippen LogP contribution >= 0.6 is 0 Å². The Labute approximate surface area is 324 Å². The molecular weight excluding hydrogens is 683 g/mol. The van der Waals surface area contributed by atoms with Crippen LogP contribution in [0.25, 0.3) is 106 Å². The molecule has 0 fully saturated rings. The third-order valence-corrected chi connectivity index (χ3v) is 11.2. The summed E-state index contributed by atoms with van der Waals surface area (Å²) in [6.45, 7) is 2.28. The van der Waals surface area contributed by atoms with Crippen molar-refractivity contribution in [3.05, 3.63) is 181 Å². The van der Waals surface area contributed by atoms with E-state index in [1.807, 2.05) is 18.2 Å². The summed E-state index contributed by atoms with van der Waals surface area (Å²) in [5, 5.41) is 6.63. The van der Waals surface area contributed by atoms with Gasteiger partial charge in [0.2, 0.25) is 0 Å². The lowest BCUT2D eigenvalue weighted by atomic mass is 9.84. The Morgan fingerprint density at radius 3 is 1.91 bits per heavy atom. The summed E-state index contributed by atoms with van der Waals surface area (Å²) in [6, 6.07) is 57.7. The maximum Gasteiger partial charge on any atom is 0.164 e. The van der Waals surface area contributed by atoms with Crippen molar-refractivity contribution in [3.63, 3.8) is 0 Å². The predicted molar refractivity (Wildman–Crippen MR) is 231 cm³/mol. The molecule has 264 valence electrons. The molecule has 0 radical (unpaired) electrons. The second-order valence-corrected chi connectivity index (χ2v) is 14.9. The molecule has 0 saturated carbocycles. The Morgan fingerprint density at radius 1 is 0.482 bits per heavy atom. The molecule has 4 nitrogen and oxygen atoms in total. The summed E-state index contributed by atoms with van der Waals surface area (Å²) >= 11 is 0. The molecule has 10 aromatic rings. The van der Waals surface area contributed by atoms with E-state index in [1.54, 1.807) is 0 Å². The molecule has 1 unspecified atom stereocenters.